The van der Waals surface area contributed by atoms with E-state index in [-0.39, 0.29) is 5.78 Å². The zero-order valence-electron chi connectivity index (χ0n) is 27.6. The van der Waals surface area contributed by atoms with Crippen molar-refractivity contribution >= 4 is 83.3 Å². The smallest absolute Gasteiger partial charge is 0.290 e. The number of fused-ring (bicyclic) bond motifs is 3. The quantitative estimate of drug-likeness (QED) is 0.0948. The Kier molecular flexibility index (Phi) is 13.2. The van der Waals surface area contributed by atoms with Crippen LogP contribution in [0.5, 0.6) is 0 Å². The second kappa shape index (κ2) is 16.9. The van der Waals surface area contributed by atoms with E-state index in [0.29, 0.717) is 46.3 Å². The van der Waals surface area contributed by atoms with Gasteiger partial charge in [0.05, 0.1) is 35.3 Å². The van der Waals surface area contributed by atoms with Gasteiger partial charge in [0.25, 0.3) is 11.4 Å². The minimum Gasteiger partial charge on any atom is -0.293 e. The summed E-state index contributed by atoms with van der Waals surface area (Å²) in [5, 5.41) is 0. The fourth-order valence-electron chi connectivity index (χ4n) is 6.73. The highest BCUT2D eigenvalue weighted by atomic mass is 79.9. The van der Waals surface area contributed by atoms with Crippen LogP contribution in [0.15, 0.2) is 31.0 Å². The van der Waals surface area contributed by atoms with Crippen molar-refractivity contribution in [3.63, 3.8) is 0 Å². The highest BCUT2D eigenvalue weighted by Gasteiger charge is 2.53. The number of carbonyl (C=O) groups excluding carboxylic acids is 1. The van der Waals surface area contributed by atoms with Crippen molar-refractivity contribution < 1.29 is 9.55 Å². The predicted molar refractivity (Wildman–Crippen MR) is 202 cm³/mol. The first-order valence-corrected chi connectivity index (χ1v) is 21.2. The number of Topliss-reactive ketones (excluding diaryl/α,β-unsaturated/α-hetero) is 1. The molecule has 1 aliphatic heterocycles. The summed E-state index contributed by atoms with van der Waals surface area (Å²) in [6.07, 6.45) is 16.4. The monoisotopic (exact) mass is 806 g/mol. The number of thiophene rings is 2. The first kappa shape index (κ1) is 36.0. The van der Waals surface area contributed by atoms with Gasteiger partial charge in [-0.05, 0) is 93.1 Å². The van der Waals surface area contributed by atoms with E-state index in [1.807, 2.05) is 0 Å². The molecule has 5 nitrogen and oxygen atoms in total. The number of nitroso groups, excluding NO2 is 1. The van der Waals surface area contributed by atoms with Crippen LogP contribution in [0.3, 0.4) is 0 Å². The van der Waals surface area contributed by atoms with Gasteiger partial charge in [-0.25, -0.2) is 0 Å². The lowest BCUT2D eigenvalue weighted by molar-refractivity contribution is -0.398. The Morgan fingerprint density at radius 2 is 1.48 bits per heavy atom. The summed E-state index contributed by atoms with van der Waals surface area (Å²) in [6, 6.07) is 4.36. The number of hydrogen-bond acceptors (Lipinski definition) is 7. The summed E-state index contributed by atoms with van der Waals surface area (Å²) < 4.78 is 12.8. The molecule has 1 aliphatic carbocycles. The van der Waals surface area contributed by atoms with E-state index >= 15 is 0 Å². The Morgan fingerprint density at radius 3 is 2.13 bits per heavy atom. The van der Waals surface area contributed by atoms with Crippen LogP contribution in [0, 0.1) is 10.8 Å². The molecular weight excluding hydrogens is 762 g/mol. The first-order chi connectivity index (χ1) is 22.3. The van der Waals surface area contributed by atoms with Crippen LogP contribution >= 0.6 is 66.3 Å². The molecule has 0 radical (unpaired) electrons. The van der Waals surface area contributed by atoms with Crippen LogP contribution in [-0.2, 0) is 17.6 Å². The Balaban J connectivity index is 1.59. The number of ketones is 1. The van der Waals surface area contributed by atoms with Crippen molar-refractivity contribution in [1.29, 1.82) is 0 Å². The van der Waals surface area contributed by atoms with Gasteiger partial charge in [-0.3, -0.25) is 4.79 Å². The maximum Gasteiger partial charge on any atom is 0.290 e. The number of hydrogen-bond donors (Lipinski definition) is 0. The van der Waals surface area contributed by atoms with Gasteiger partial charge in [0.15, 0.2) is 5.78 Å². The maximum atomic E-state index is 14.8. The third-order valence-corrected chi connectivity index (χ3v) is 14.0. The molecule has 10 heteroatoms. The van der Waals surface area contributed by atoms with Gasteiger partial charge in [-0.1, -0.05) is 85.5 Å². The van der Waals surface area contributed by atoms with Gasteiger partial charge < -0.3 is 0 Å². The topological polar surface area (TPSA) is 62.9 Å². The van der Waals surface area contributed by atoms with Crippen LogP contribution in [-0.4, -0.2) is 19.3 Å². The lowest BCUT2D eigenvalue weighted by Crippen LogP contribution is -2.23. The molecule has 46 heavy (non-hydrogen) atoms. The van der Waals surface area contributed by atoms with Crippen molar-refractivity contribution in [3.8, 4) is 0 Å². The molecule has 2 unspecified atom stereocenters. The summed E-state index contributed by atoms with van der Waals surface area (Å²) in [5.74, 6) is -0.204. The molecule has 0 saturated heterocycles. The molecule has 0 amide bonds. The van der Waals surface area contributed by atoms with Gasteiger partial charge in [0.2, 0.25) is 0 Å². The van der Waals surface area contributed by atoms with E-state index in [1.165, 1.54) is 49.7 Å². The fourth-order valence-corrected chi connectivity index (χ4v) is 11.0. The zero-order valence-corrected chi connectivity index (χ0v) is 33.2. The fraction of sp³-hybridized carbons (Fsp3) is 0.583. The van der Waals surface area contributed by atoms with Crippen molar-refractivity contribution in [1.82, 2.24) is 8.75 Å². The van der Waals surface area contributed by atoms with Crippen molar-refractivity contribution in [3.05, 3.63) is 68.2 Å². The summed E-state index contributed by atoms with van der Waals surface area (Å²) in [4.78, 5) is 31.3. The molecule has 4 heterocycles. The molecule has 3 aromatic rings. The number of nitrogens with zero attached hydrogens (tertiary/aromatic N) is 3. The number of unbranched alkanes of at least 4 members (excludes halogenated alkanes) is 7. The van der Waals surface area contributed by atoms with E-state index in [1.54, 1.807) is 22.7 Å². The predicted octanol–water partition coefficient (Wildman–Crippen LogP) is 12.7. The van der Waals surface area contributed by atoms with Crippen LogP contribution in [0.2, 0.25) is 0 Å². The van der Waals surface area contributed by atoms with E-state index in [4.69, 9.17) is 8.75 Å². The highest BCUT2D eigenvalue weighted by Crippen LogP contribution is 2.53. The van der Waals surface area contributed by atoms with Crippen LogP contribution in [0.25, 0.3) is 11.3 Å². The molecule has 2 aliphatic rings. The number of carbonyl (C=O) groups is 1. The largest absolute Gasteiger partial charge is 0.293 e. The SMILES string of the molecule is CCCCCCc1cc(C2=C3C(=C(CC(CC)CCCC)[N+]2=O)C(=O)C(c2cc(CCCCCC)c(Br)s2)c2nsnc23)sc1Br. The summed E-state index contributed by atoms with van der Waals surface area (Å²) in [6.45, 7) is 8.86. The van der Waals surface area contributed by atoms with Crippen LogP contribution in [0.4, 0.5) is 0 Å². The Morgan fingerprint density at radius 1 is 0.826 bits per heavy atom. The lowest BCUT2D eigenvalue weighted by Gasteiger charge is -2.20. The number of allylic oxidation sites excluding steroid dienone is 3. The lowest BCUT2D eigenvalue weighted by atomic mass is 9.79. The van der Waals surface area contributed by atoms with Gasteiger partial charge in [0, 0.05) is 16.2 Å². The average molecular weight is 809 g/mol. The molecule has 0 bridgehead atoms. The molecule has 3 aromatic heterocycles. The average Bonchev–Trinajstić information content (AvgIpc) is 3.81. The minimum absolute atomic E-state index is 0.00640. The van der Waals surface area contributed by atoms with E-state index < -0.39 is 5.92 Å². The summed E-state index contributed by atoms with van der Waals surface area (Å²) in [5.41, 5.74) is 6.35. The summed E-state index contributed by atoms with van der Waals surface area (Å²) >= 11 is 12.0. The van der Waals surface area contributed by atoms with Gasteiger partial charge >= 0.3 is 0 Å². The molecular formula is C36H46Br2N3O2S3+. The van der Waals surface area contributed by atoms with Crippen molar-refractivity contribution in [2.24, 2.45) is 5.92 Å². The number of rotatable bonds is 18. The molecule has 0 saturated carbocycles. The second-order valence-corrected chi connectivity index (χ2v) is 18.0. The third kappa shape index (κ3) is 7.61. The van der Waals surface area contributed by atoms with Crippen molar-refractivity contribution in [2.45, 2.75) is 130 Å². The molecule has 0 aromatic carbocycles. The van der Waals surface area contributed by atoms with E-state index in [0.717, 1.165) is 85.2 Å². The number of aromatic nitrogens is 2. The van der Waals surface area contributed by atoms with E-state index in [9.17, 15) is 9.70 Å². The molecule has 0 fully saturated rings. The molecule has 0 N–H and O–H groups in total. The van der Waals surface area contributed by atoms with Gasteiger partial charge in [0.1, 0.15) is 22.1 Å². The highest BCUT2D eigenvalue weighted by molar-refractivity contribution is 9.11. The zero-order chi connectivity index (χ0) is 32.8. The molecule has 0 spiro atoms. The maximum absolute atomic E-state index is 14.8. The third-order valence-electron chi connectivity index (χ3n) is 9.43. The Hall–Kier alpha value is -1.33. The molecule has 248 valence electrons. The van der Waals surface area contributed by atoms with Crippen LogP contribution < -0.4 is 0 Å². The molecule has 2 atom stereocenters. The van der Waals surface area contributed by atoms with Gasteiger partial charge in [-0.15, -0.1) is 22.7 Å². The standard InChI is InChI=1S/C36H46Br2N3O2S3/c1-5-9-12-14-17-23-20-26(44-35(23)37)29-31-32(40-46-39-31)30-28(34(29)42)25(19-22(8-4)16-11-7-3)41(43)33(30)27-21-24(36(38)45-27)18-15-13-10-6-2/h20-22,29H,5-19H2,1-4H3/q+1. The Bertz CT molecular complexity index is 1620. The summed E-state index contributed by atoms with van der Waals surface area (Å²) in [7, 11) is 0. The van der Waals surface area contributed by atoms with Gasteiger partial charge in [-0.2, -0.15) is 8.75 Å². The first-order valence-electron chi connectivity index (χ1n) is 17.2. The number of aryl methyl sites for hydroxylation is 2. The minimum atomic E-state index is -0.541. The normalized spacial score (nSPS) is 17.0. The molecule has 5 rings (SSSR count). The van der Waals surface area contributed by atoms with Crippen LogP contribution in [0.1, 0.15) is 149 Å². The Labute approximate surface area is 303 Å². The second-order valence-electron chi connectivity index (χ2n) is 12.7. The van der Waals surface area contributed by atoms with E-state index in [2.05, 4.69) is 71.7 Å². The number of halogens is 2. The van der Waals surface area contributed by atoms with Crippen molar-refractivity contribution in [2.75, 3.05) is 0 Å².